The number of carbonyl (C=O) groups excluding carboxylic acids is 1. The lowest BCUT2D eigenvalue weighted by molar-refractivity contribution is 0.0677. The summed E-state index contributed by atoms with van der Waals surface area (Å²) in [5.74, 6) is -0.0521. The van der Waals surface area contributed by atoms with Crippen LogP contribution in [0.5, 0.6) is 0 Å². The molecule has 0 radical (unpaired) electrons. The highest BCUT2D eigenvalue weighted by atomic mass is 16.3. The zero-order chi connectivity index (χ0) is 13.9. The molecule has 1 aliphatic heterocycles. The number of nitrogens with zero attached hydrogens (tertiary/aromatic N) is 3. The second-order valence-corrected chi connectivity index (χ2v) is 4.99. The highest BCUT2D eigenvalue weighted by molar-refractivity contribution is 5.94. The van der Waals surface area contributed by atoms with Crippen LogP contribution in [0.3, 0.4) is 0 Å². The fourth-order valence-corrected chi connectivity index (χ4v) is 2.61. The predicted molar refractivity (Wildman–Crippen MR) is 74.7 cm³/mol. The third-order valence-corrected chi connectivity index (χ3v) is 3.70. The van der Waals surface area contributed by atoms with Gasteiger partial charge >= 0.3 is 0 Å². The average molecular weight is 271 g/mol. The first-order valence-electron chi connectivity index (χ1n) is 6.81. The van der Waals surface area contributed by atoms with Gasteiger partial charge in [0, 0.05) is 12.7 Å². The number of para-hydroxylation sites is 1. The van der Waals surface area contributed by atoms with Crippen molar-refractivity contribution in [3.05, 3.63) is 48.3 Å². The number of rotatable bonds is 3. The molecular weight excluding hydrogens is 254 g/mol. The van der Waals surface area contributed by atoms with Crippen LogP contribution in [0.25, 0.3) is 5.69 Å². The topological polar surface area (TPSA) is 58.4 Å². The van der Waals surface area contributed by atoms with Crippen LogP contribution in [-0.2, 0) is 0 Å². The summed E-state index contributed by atoms with van der Waals surface area (Å²) >= 11 is 0. The number of benzene rings is 1. The maximum absolute atomic E-state index is 12.4. The number of hydrogen-bond donors (Lipinski definition) is 1. The van der Waals surface area contributed by atoms with Crippen LogP contribution in [0.1, 0.15) is 23.2 Å². The maximum Gasteiger partial charge on any atom is 0.257 e. The Balaban J connectivity index is 1.82. The lowest BCUT2D eigenvalue weighted by Crippen LogP contribution is -2.37. The molecule has 1 aromatic carbocycles. The monoisotopic (exact) mass is 271 g/mol. The number of carbonyl (C=O) groups is 1. The third kappa shape index (κ3) is 2.32. The number of amides is 1. The number of aliphatic hydroxyl groups is 1. The standard InChI is InChI=1S/C15H17N3O2/c19-11-14-7-4-8-17(14)15(20)12-9-16-18(10-12)13-5-2-1-3-6-13/h1-3,5-6,9-10,14,19H,4,7-8,11H2/t14-/m0/s1. The van der Waals surface area contributed by atoms with Gasteiger partial charge in [-0.05, 0) is 25.0 Å². The van der Waals surface area contributed by atoms with Gasteiger partial charge in [0.1, 0.15) is 0 Å². The SMILES string of the molecule is O=C(c1cnn(-c2ccccc2)c1)N1CCC[C@H]1CO. The van der Waals surface area contributed by atoms with E-state index in [9.17, 15) is 9.90 Å². The molecule has 2 aromatic rings. The third-order valence-electron chi connectivity index (χ3n) is 3.70. The molecule has 1 N–H and O–H groups in total. The highest BCUT2D eigenvalue weighted by Crippen LogP contribution is 2.20. The van der Waals surface area contributed by atoms with Gasteiger partial charge in [0.05, 0.1) is 30.1 Å². The summed E-state index contributed by atoms with van der Waals surface area (Å²) in [7, 11) is 0. The lowest BCUT2D eigenvalue weighted by atomic mass is 10.2. The van der Waals surface area contributed by atoms with Crippen LogP contribution < -0.4 is 0 Å². The molecule has 20 heavy (non-hydrogen) atoms. The Morgan fingerprint density at radius 2 is 2.15 bits per heavy atom. The van der Waals surface area contributed by atoms with Gasteiger partial charge in [0.15, 0.2) is 0 Å². The molecule has 1 fully saturated rings. The van der Waals surface area contributed by atoms with E-state index in [1.807, 2.05) is 30.3 Å². The average Bonchev–Trinajstić information content (AvgIpc) is 3.16. The maximum atomic E-state index is 12.4. The van der Waals surface area contributed by atoms with Crippen molar-refractivity contribution >= 4 is 5.91 Å². The fraction of sp³-hybridized carbons (Fsp3) is 0.333. The number of aromatic nitrogens is 2. The van der Waals surface area contributed by atoms with Gasteiger partial charge in [0.2, 0.25) is 0 Å². The molecule has 1 saturated heterocycles. The molecule has 0 spiro atoms. The molecule has 0 bridgehead atoms. The molecule has 3 rings (SSSR count). The minimum atomic E-state index is -0.0532. The van der Waals surface area contributed by atoms with Crippen LogP contribution in [0.15, 0.2) is 42.7 Å². The van der Waals surface area contributed by atoms with Crippen molar-refractivity contribution < 1.29 is 9.90 Å². The van der Waals surface area contributed by atoms with Gasteiger partial charge in [-0.15, -0.1) is 0 Å². The van der Waals surface area contributed by atoms with Gasteiger partial charge in [-0.2, -0.15) is 5.10 Å². The molecule has 1 amide bonds. The molecule has 104 valence electrons. The van der Waals surface area contributed by atoms with Gasteiger partial charge in [-0.3, -0.25) is 4.79 Å². The Hall–Kier alpha value is -2.14. The van der Waals surface area contributed by atoms with Crippen molar-refractivity contribution in [2.45, 2.75) is 18.9 Å². The van der Waals surface area contributed by atoms with E-state index >= 15 is 0 Å². The largest absolute Gasteiger partial charge is 0.394 e. The molecule has 0 unspecified atom stereocenters. The van der Waals surface area contributed by atoms with Crippen molar-refractivity contribution in [1.29, 1.82) is 0 Å². The number of likely N-dealkylation sites (tertiary alicyclic amines) is 1. The van der Waals surface area contributed by atoms with E-state index < -0.39 is 0 Å². The Labute approximate surface area is 117 Å². The normalized spacial score (nSPS) is 18.4. The molecular formula is C15H17N3O2. The van der Waals surface area contributed by atoms with Crippen molar-refractivity contribution in [2.24, 2.45) is 0 Å². The van der Waals surface area contributed by atoms with E-state index in [1.165, 1.54) is 0 Å². The van der Waals surface area contributed by atoms with E-state index in [1.54, 1.807) is 22.0 Å². The van der Waals surface area contributed by atoms with E-state index in [2.05, 4.69) is 5.10 Å². The Morgan fingerprint density at radius 1 is 1.35 bits per heavy atom. The first kappa shape index (κ1) is 12.9. The van der Waals surface area contributed by atoms with E-state index in [0.717, 1.165) is 18.5 Å². The molecule has 1 aliphatic rings. The predicted octanol–water partition coefficient (Wildman–Crippen LogP) is 1.47. The van der Waals surface area contributed by atoms with E-state index in [0.29, 0.717) is 12.1 Å². The summed E-state index contributed by atoms with van der Waals surface area (Å²) in [6, 6.07) is 9.63. The van der Waals surface area contributed by atoms with Crippen molar-refractivity contribution in [2.75, 3.05) is 13.2 Å². The smallest absolute Gasteiger partial charge is 0.257 e. The Bertz CT molecular complexity index is 594. The zero-order valence-electron chi connectivity index (χ0n) is 11.1. The van der Waals surface area contributed by atoms with E-state index in [4.69, 9.17) is 0 Å². The van der Waals surface area contributed by atoms with Crippen molar-refractivity contribution in [3.63, 3.8) is 0 Å². The molecule has 1 atom stereocenters. The van der Waals surface area contributed by atoms with Gasteiger partial charge in [-0.25, -0.2) is 4.68 Å². The van der Waals surface area contributed by atoms with Crippen LogP contribution in [0.4, 0.5) is 0 Å². The Morgan fingerprint density at radius 3 is 2.90 bits per heavy atom. The van der Waals surface area contributed by atoms with E-state index in [-0.39, 0.29) is 18.6 Å². The van der Waals surface area contributed by atoms with Crippen LogP contribution in [0, 0.1) is 0 Å². The summed E-state index contributed by atoms with van der Waals surface area (Å²) in [6.45, 7) is 0.735. The van der Waals surface area contributed by atoms with Gasteiger partial charge in [-0.1, -0.05) is 18.2 Å². The molecule has 1 aromatic heterocycles. The lowest BCUT2D eigenvalue weighted by Gasteiger charge is -2.22. The first-order chi connectivity index (χ1) is 9.79. The molecule has 2 heterocycles. The molecule has 0 saturated carbocycles. The fourth-order valence-electron chi connectivity index (χ4n) is 2.61. The first-order valence-corrected chi connectivity index (χ1v) is 6.81. The highest BCUT2D eigenvalue weighted by Gasteiger charge is 2.29. The van der Waals surface area contributed by atoms with Gasteiger partial charge < -0.3 is 10.0 Å². The van der Waals surface area contributed by atoms with Crippen molar-refractivity contribution in [1.82, 2.24) is 14.7 Å². The summed E-state index contributed by atoms with van der Waals surface area (Å²) < 4.78 is 1.69. The molecule has 5 nitrogen and oxygen atoms in total. The second-order valence-electron chi connectivity index (χ2n) is 4.99. The minimum Gasteiger partial charge on any atom is -0.394 e. The summed E-state index contributed by atoms with van der Waals surface area (Å²) in [4.78, 5) is 14.2. The van der Waals surface area contributed by atoms with Crippen LogP contribution in [-0.4, -0.2) is 44.9 Å². The quantitative estimate of drug-likeness (QED) is 0.919. The van der Waals surface area contributed by atoms with Crippen molar-refractivity contribution in [3.8, 4) is 5.69 Å². The summed E-state index contributed by atoms with van der Waals surface area (Å²) in [5, 5.41) is 13.5. The zero-order valence-corrected chi connectivity index (χ0v) is 11.1. The van der Waals surface area contributed by atoms with Gasteiger partial charge in [0.25, 0.3) is 5.91 Å². The van der Waals surface area contributed by atoms with Crippen LogP contribution >= 0.6 is 0 Å². The van der Waals surface area contributed by atoms with Crippen LogP contribution in [0.2, 0.25) is 0 Å². The number of aliphatic hydroxyl groups excluding tert-OH is 1. The summed E-state index contributed by atoms with van der Waals surface area (Å²) in [5.41, 5.74) is 1.49. The number of hydrogen-bond acceptors (Lipinski definition) is 3. The summed E-state index contributed by atoms with van der Waals surface area (Å²) in [6.07, 6.45) is 5.14. The second kappa shape index (κ2) is 5.46. The minimum absolute atomic E-state index is 0.0264. The molecule has 5 heteroatoms. The molecule has 0 aliphatic carbocycles. The Kier molecular flexibility index (Phi) is 3.52.